The molecule has 1 unspecified atom stereocenters. The molecule has 0 bridgehead atoms. The Morgan fingerprint density at radius 3 is 2.50 bits per heavy atom. The number of carbonyl (C=O) groups is 1. The maximum atomic E-state index is 10.8. The first-order valence-electron chi connectivity index (χ1n) is 5.72. The van der Waals surface area contributed by atoms with Crippen LogP contribution in [0.4, 0.5) is 4.79 Å². The Bertz CT molecular complexity index is 252. The third kappa shape index (κ3) is 4.86. The van der Waals surface area contributed by atoms with Gasteiger partial charge in [-0.05, 0) is 18.2 Å². The van der Waals surface area contributed by atoms with Crippen molar-refractivity contribution < 1.29 is 27.5 Å². The van der Waals surface area contributed by atoms with Crippen molar-refractivity contribution in [1.82, 2.24) is 0 Å². The number of thioether (sulfide) groups is 1. The largest absolute Gasteiger partial charge is 0.500 e. The third-order valence-corrected chi connectivity index (χ3v) is 6.36. The van der Waals surface area contributed by atoms with Gasteiger partial charge >= 0.3 is 14.1 Å². The Hall–Kier alpha value is -0.123. The van der Waals surface area contributed by atoms with Crippen LogP contribution >= 0.6 is 11.8 Å². The summed E-state index contributed by atoms with van der Waals surface area (Å²) in [5, 5.41) is -0.215. The molecule has 8 heteroatoms. The summed E-state index contributed by atoms with van der Waals surface area (Å²) < 4.78 is 26.4. The van der Waals surface area contributed by atoms with Crippen LogP contribution < -0.4 is 0 Å². The van der Waals surface area contributed by atoms with E-state index in [9.17, 15) is 4.79 Å². The predicted octanol–water partition coefficient (Wildman–Crippen LogP) is 1.52. The highest BCUT2D eigenvalue weighted by Crippen LogP contribution is 2.20. The lowest BCUT2D eigenvalue weighted by atomic mass is 10.4. The van der Waals surface area contributed by atoms with Crippen molar-refractivity contribution in [2.75, 3.05) is 40.3 Å². The Morgan fingerprint density at radius 2 is 2.00 bits per heavy atom. The molecule has 1 rings (SSSR count). The molecule has 1 aliphatic rings. The molecule has 1 atom stereocenters. The Kier molecular flexibility index (Phi) is 7.20. The van der Waals surface area contributed by atoms with Crippen molar-refractivity contribution in [2.45, 2.75) is 18.6 Å². The molecule has 106 valence electrons. The minimum absolute atomic E-state index is 0.114. The fourth-order valence-corrected chi connectivity index (χ4v) is 3.99. The van der Waals surface area contributed by atoms with Gasteiger partial charge in [0.05, 0.1) is 6.61 Å². The molecular formula is C10H20O6SSi. The predicted molar refractivity (Wildman–Crippen MR) is 69.8 cm³/mol. The van der Waals surface area contributed by atoms with E-state index >= 15 is 0 Å². The smallest absolute Gasteiger partial charge is 0.451 e. The highest BCUT2D eigenvalue weighted by Gasteiger charge is 2.36. The van der Waals surface area contributed by atoms with Crippen LogP contribution in [0.1, 0.15) is 6.42 Å². The van der Waals surface area contributed by atoms with Gasteiger partial charge in [0.25, 0.3) is 0 Å². The summed E-state index contributed by atoms with van der Waals surface area (Å²) >= 11 is 1.19. The summed E-state index contributed by atoms with van der Waals surface area (Å²) in [5.74, 6) is 0.672. The zero-order valence-corrected chi connectivity index (χ0v) is 12.8. The molecule has 0 spiro atoms. The zero-order chi connectivity index (χ0) is 13.4. The molecule has 0 aromatic carbocycles. The normalized spacial score (nSPS) is 20.2. The van der Waals surface area contributed by atoms with Gasteiger partial charge < -0.3 is 22.8 Å². The van der Waals surface area contributed by atoms with Gasteiger partial charge in [-0.25, -0.2) is 4.79 Å². The van der Waals surface area contributed by atoms with Crippen LogP contribution in [0.15, 0.2) is 0 Å². The second-order valence-corrected chi connectivity index (χ2v) is 7.82. The molecule has 1 fully saturated rings. The molecule has 1 aliphatic heterocycles. The number of carbonyl (C=O) groups excluding carboxylic acids is 1. The SMILES string of the molecule is CO[Si](CCCOCC1CSC(=O)O1)(OC)OC. The molecule has 6 nitrogen and oxygen atoms in total. The van der Waals surface area contributed by atoms with Crippen molar-refractivity contribution in [2.24, 2.45) is 0 Å². The Balaban J connectivity index is 2.09. The minimum Gasteiger partial charge on any atom is -0.451 e. The second-order valence-electron chi connectivity index (χ2n) is 3.77. The fraction of sp³-hybridized carbons (Fsp3) is 0.900. The summed E-state index contributed by atoms with van der Waals surface area (Å²) in [5.41, 5.74) is 0. The highest BCUT2D eigenvalue weighted by atomic mass is 32.2. The van der Waals surface area contributed by atoms with Gasteiger partial charge in [-0.15, -0.1) is 0 Å². The monoisotopic (exact) mass is 296 g/mol. The quantitative estimate of drug-likeness (QED) is 0.363. The summed E-state index contributed by atoms with van der Waals surface area (Å²) in [6.07, 6.45) is 0.673. The topological polar surface area (TPSA) is 63.2 Å². The van der Waals surface area contributed by atoms with Gasteiger partial charge in [0.15, 0.2) is 0 Å². The van der Waals surface area contributed by atoms with Gasteiger partial charge in [0.2, 0.25) is 0 Å². The van der Waals surface area contributed by atoms with E-state index in [4.69, 9.17) is 22.8 Å². The molecule has 1 heterocycles. The second kappa shape index (κ2) is 8.13. The molecule has 0 saturated carbocycles. The van der Waals surface area contributed by atoms with Crippen LogP contribution in [0.5, 0.6) is 0 Å². The lowest BCUT2D eigenvalue weighted by molar-refractivity contribution is 0.0439. The first-order valence-corrected chi connectivity index (χ1v) is 8.64. The van der Waals surface area contributed by atoms with Crippen molar-refractivity contribution in [3.05, 3.63) is 0 Å². The molecular weight excluding hydrogens is 276 g/mol. The molecule has 0 aromatic heterocycles. The maximum Gasteiger partial charge on any atom is 0.500 e. The van der Waals surface area contributed by atoms with E-state index in [1.165, 1.54) is 11.8 Å². The van der Waals surface area contributed by atoms with E-state index < -0.39 is 8.80 Å². The van der Waals surface area contributed by atoms with Gasteiger partial charge in [-0.1, -0.05) is 0 Å². The number of hydrogen-bond donors (Lipinski definition) is 0. The number of ether oxygens (including phenoxy) is 2. The maximum absolute atomic E-state index is 10.8. The van der Waals surface area contributed by atoms with E-state index in [0.717, 1.165) is 6.42 Å². The standard InChI is InChI=1S/C10H20O6SSi/c1-12-18(13-2,14-3)6-4-5-15-7-9-8-17-10(11)16-9/h9H,4-8H2,1-3H3. The van der Waals surface area contributed by atoms with E-state index in [0.29, 0.717) is 25.0 Å². The average Bonchev–Trinajstić information content (AvgIpc) is 2.80. The molecule has 0 aromatic rings. The summed E-state index contributed by atoms with van der Waals surface area (Å²) in [4.78, 5) is 10.8. The van der Waals surface area contributed by atoms with Gasteiger partial charge in [0.1, 0.15) is 6.10 Å². The molecule has 0 radical (unpaired) electrons. The van der Waals surface area contributed by atoms with Crippen LogP contribution in [0.2, 0.25) is 6.04 Å². The highest BCUT2D eigenvalue weighted by molar-refractivity contribution is 8.13. The van der Waals surface area contributed by atoms with Crippen LogP contribution in [-0.2, 0) is 22.8 Å². The third-order valence-electron chi connectivity index (χ3n) is 2.66. The van der Waals surface area contributed by atoms with Crippen LogP contribution in [0.25, 0.3) is 0 Å². The molecule has 18 heavy (non-hydrogen) atoms. The number of hydrogen-bond acceptors (Lipinski definition) is 7. The lowest BCUT2D eigenvalue weighted by Crippen LogP contribution is -2.42. The van der Waals surface area contributed by atoms with Crippen molar-refractivity contribution >= 4 is 25.9 Å². The minimum atomic E-state index is -2.48. The van der Waals surface area contributed by atoms with Gasteiger partial charge in [-0.3, -0.25) is 0 Å². The van der Waals surface area contributed by atoms with Gasteiger partial charge in [0, 0.05) is 39.7 Å². The van der Waals surface area contributed by atoms with E-state index in [-0.39, 0.29) is 11.4 Å². The van der Waals surface area contributed by atoms with E-state index in [1.54, 1.807) is 21.3 Å². The van der Waals surface area contributed by atoms with E-state index in [2.05, 4.69) is 0 Å². The summed E-state index contributed by atoms with van der Waals surface area (Å²) in [6, 6.07) is 0.704. The Morgan fingerprint density at radius 1 is 1.33 bits per heavy atom. The summed E-state index contributed by atoms with van der Waals surface area (Å²) in [7, 11) is 2.30. The molecule has 0 amide bonds. The molecule has 0 N–H and O–H groups in total. The van der Waals surface area contributed by atoms with Crippen LogP contribution in [0.3, 0.4) is 0 Å². The average molecular weight is 296 g/mol. The Labute approximate surface area is 113 Å². The van der Waals surface area contributed by atoms with Crippen molar-refractivity contribution in [1.29, 1.82) is 0 Å². The molecule has 1 saturated heterocycles. The fourth-order valence-electron chi connectivity index (χ4n) is 1.61. The summed E-state index contributed by atoms with van der Waals surface area (Å²) in [6.45, 7) is 1.02. The van der Waals surface area contributed by atoms with Crippen molar-refractivity contribution in [3.8, 4) is 0 Å². The van der Waals surface area contributed by atoms with Gasteiger partial charge in [-0.2, -0.15) is 0 Å². The lowest BCUT2D eigenvalue weighted by Gasteiger charge is -2.24. The van der Waals surface area contributed by atoms with E-state index in [1.807, 2.05) is 0 Å². The van der Waals surface area contributed by atoms with Crippen LogP contribution in [-0.4, -0.2) is 60.5 Å². The number of rotatable bonds is 9. The molecule has 0 aliphatic carbocycles. The first kappa shape index (κ1) is 15.9. The zero-order valence-electron chi connectivity index (χ0n) is 11.0. The van der Waals surface area contributed by atoms with Crippen molar-refractivity contribution in [3.63, 3.8) is 0 Å². The van der Waals surface area contributed by atoms with Crippen LogP contribution in [0, 0.1) is 0 Å². The first-order chi connectivity index (χ1) is 8.65. The number of cyclic esters (lactones) is 1.